The Hall–Kier alpha value is -3.69. The molecule has 2 aromatic rings. The summed E-state index contributed by atoms with van der Waals surface area (Å²) < 4.78 is 13.4. The molecule has 52 heavy (non-hydrogen) atoms. The number of Topliss-reactive ketones (excluding diaryl/α,β-unsaturated/α-hetero) is 2. The lowest BCUT2D eigenvalue weighted by atomic mass is 9.46. The Morgan fingerprint density at radius 3 is 2.52 bits per heavy atom. The molecule has 0 radical (unpaired) electrons. The molecule has 1 amide bonds. The maximum Gasteiger partial charge on any atom is 0.227 e. The highest BCUT2D eigenvalue weighted by molar-refractivity contribution is 5.95. The Morgan fingerprint density at radius 1 is 1.06 bits per heavy atom. The molecule has 5 aliphatic rings. The molecule has 8 nitrogen and oxygen atoms in total. The third-order valence-electron chi connectivity index (χ3n) is 13.3. The topological polar surface area (TPSA) is 122 Å². The number of fused-ring (bicyclic) bond motifs is 7. The lowest BCUT2D eigenvalue weighted by molar-refractivity contribution is -0.201. The van der Waals surface area contributed by atoms with Crippen molar-refractivity contribution in [3.63, 3.8) is 0 Å². The number of anilines is 1. The Morgan fingerprint density at radius 2 is 1.81 bits per heavy atom. The van der Waals surface area contributed by atoms with Crippen LogP contribution >= 0.6 is 0 Å². The van der Waals surface area contributed by atoms with Crippen LogP contribution in [-0.4, -0.2) is 52.1 Å². The molecule has 1 aliphatic heterocycles. The fourth-order valence-electron chi connectivity index (χ4n) is 10.6. The van der Waals surface area contributed by atoms with E-state index in [0.29, 0.717) is 24.9 Å². The largest absolute Gasteiger partial charge is 0.393 e. The summed E-state index contributed by atoms with van der Waals surface area (Å²) in [6.45, 7) is 13.3. The number of rotatable bonds is 10. The standard InChI is InChI=1S/C44H53NO7/c1-25(2)35(47)19-27(4)40(50)45-32-9-7-8-29(21-32)20-28-10-12-30(13-11-28)41-51-38-22-34-33-15-14-31-18-26(3)16-17-42(31,5)39(33)36(48)23-43(34,6)44(38,52-41)37(49)24-46/h7-13,16-18,21,25,27,33-34,36,38-39,41,46,48H,3,14-15,19-20,22-24H2,1-2,4-6H3,(H,45,50)/t27-,33+,34+,36+,38-,39-,41-,42+,43+,44-/m1/s1. The van der Waals surface area contributed by atoms with Gasteiger partial charge in [0.1, 0.15) is 12.4 Å². The number of ketones is 2. The quantitative estimate of drug-likeness (QED) is 0.242. The van der Waals surface area contributed by atoms with E-state index in [1.54, 1.807) is 6.92 Å². The average Bonchev–Trinajstić information content (AvgIpc) is 3.61. The van der Waals surface area contributed by atoms with Gasteiger partial charge in [0.25, 0.3) is 0 Å². The summed E-state index contributed by atoms with van der Waals surface area (Å²) in [5.41, 5.74) is 3.51. The number of aliphatic hydroxyl groups excluding tert-OH is 2. The van der Waals surface area contributed by atoms with Crippen molar-refractivity contribution in [3.05, 3.63) is 101 Å². The molecule has 1 saturated heterocycles. The Balaban J connectivity index is 1.06. The highest BCUT2D eigenvalue weighted by atomic mass is 16.7. The van der Waals surface area contributed by atoms with Crippen LogP contribution in [0.1, 0.15) is 89.7 Å². The van der Waals surface area contributed by atoms with E-state index in [4.69, 9.17) is 9.47 Å². The van der Waals surface area contributed by atoms with Gasteiger partial charge in [0.2, 0.25) is 5.91 Å². The predicted octanol–water partition coefficient (Wildman–Crippen LogP) is 7.06. The van der Waals surface area contributed by atoms with Gasteiger partial charge in [0.05, 0.1) is 12.2 Å². The first kappa shape index (κ1) is 36.7. The second kappa shape index (κ2) is 13.6. The van der Waals surface area contributed by atoms with Crippen molar-refractivity contribution < 1.29 is 34.1 Å². The van der Waals surface area contributed by atoms with Crippen LogP contribution in [0.4, 0.5) is 5.69 Å². The summed E-state index contributed by atoms with van der Waals surface area (Å²) in [6, 6.07) is 15.7. The summed E-state index contributed by atoms with van der Waals surface area (Å²) in [4.78, 5) is 38.8. The molecule has 4 aliphatic carbocycles. The minimum Gasteiger partial charge on any atom is -0.393 e. The number of ether oxygens (including phenoxy) is 2. The van der Waals surface area contributed by atoms with E-state index in [1.807, 2.05) is 62.4 Å². The normalized spacial score (nSPS) is 35.2. The molecule has 4 fully saturated rings. The van der Waals surface area contributed by atoms with Crippen molar-refractivity contribution in [1.29, 1.82) is 0 Å². The molecule has 0 spiro atoms. The number of carbonyl (C=O) groups is 3. The third-order valence-corrected chi connectivity index (χ3v) is 13.3. The van der Waals surface area contributed by atoms with Crippen molar-refractivity contribution in [2.24, 2.45) is 40.4 Å². The van der Waals surface area contributed by atoms with E-state index < -0.39 is 42.0 Å². The summed E-state index contributed by atoms with van der Waals surface area (Å²) in [7, 11) is 0. The van der Waals surface area contributed by atoms with Gasteiger partial charge >= 0.3 is 0 Å². The molecular formula is C44H53NO7. The molecule has 1 heterocycles. The van der Waals surface area contributed by atoms with Crippen molar-refractivity contribution >= 4 is 23.2 Å². The van der Waals surface area contributed by atoms with Gasteiger partial charge in [-0.2, -0.15) is 0 Å². The second-order valence-corrected chi connectivity index (χ2v) is 16.8. The minimum absolute atomic E-state index is 0.0132. The molecular weight excluding hydrogens is 654 g/mol. The van der Waals surface area contributed by atoms with Crippen LogP contribution in [0.5, 0.6) is 0 Å². The molecule has 7 rings (SSSR count). The number of hydrogen-bond acceptors (Lipinski definition) is 7. The number of aliphatic hydroxyl groups is 2. The van der Waals surface area contributed by atoms with E-state index in [1.165, 1.54) is 5.57 Å². The molecule has 3 N–H and O–H groups in total. The molecule has 0 aromatic heterocycles. The zero-order chi connectivity index (χ0) is 37.2. The predicted molar refractivity (Wildman–Crippen MR) is 199 cm³/mol. The third kappa shape index (κ3) is 5.96. The zero-order valence-corrected chi connectivity index (χ0v) is 31.1. The highest BCUT2D eigenvalue weighted by Gasteiger charge is 2.75. The Labute approximate surface area is 307 Å². The van der Waals surface area contributed by atoms with Gasteiger partial charge in [-0.25, -0.2) is 0 Å². The fourth-order valence-corrected chi connectivity index (χ4v) is 10.6. The van der Waals surface area contributed by atoms with Crippen LogP contribution in [0.15, 0.2) is 84.5 Å². The van der Waals surface area contributed by atoms with Crippen LogP contribution in [0.3, 0.4) is 0 Å². The summed E-state index contributed by atoms with van der Waals surface area (Å²) in [5, 5.41) is 25.2. The van der Waals surface area contributed by atoms with Crippen molar-refractivity contribution in [2.75, 3.05) is 11.9 Å². The van der Waals surface area contributed by atoms with Crippen LogP contribution < -0.4 is 5.32 Å². The van der Waals surface area contributed by atoms with Crippen LogP contribution in [0, 0.1) is 40.4 Å². The minimum atomic E-state index is -1.36. The zero-order valence-electron chi connectivity index (χ0n) is 31.1. The molecule has 0 unspecified atom stereocenters. The van der Waals surface area contributed by atoms with E-state index in [-0.39, 0.29) is 53.0 Å². The molecule has 0 bridgehead atoms. The number of amides is 1. The molecule has 10 atom stereocenters. The monoisotopic (exact) mass is 707 g/mol. The van der Waals surface area contributed by atoms with Gasteiger partial charge in [-0.15, -0.1) is 0 Å². The van der Waals surface area contributed by atoms with Crippen LogP contribution in [-0.2, 0) is 30.3 Å². The fraction of sp³-hybridized carbons (Fsp3) is 0.523. The van der Waals surface area contributed by atoms with E-state index in [9.17, 15) is 24.6 Å². The SMILES string of the molecule is C=C1C=C[C@@]2(C)C(=C1)CC[C@@H]1[C@@H]2[C@@H](O)C[C@@]2(C)[C@H]1C[C@H]1O[C@@H](c3ccc(Cc4cccc(NC(=O)[C@H](C)CC(=O)C(C)C)c4)cc3)O[C@]12C(=O)CO. The number of hydrogen-bond donors (Lipinski definition) is 3. The Bertz CT molecular complexity index is 1830. The van der Waals surface area contributed by atoms with Crippen molar-refractivity contribution in [3.8, 4) is 0 Å². The van der Waals surface area contributed by atoms with E-state index >= 15 is 0 Å². The lowest BCUT2D eigenvalue weighted by Crippen LogP contribution is -2.63. The van der Waals surface area contributed by atoms with Gasteiger partial charge in [0, 0.05) is 46.3 Å². The van der Waals surface area contributed by atoms with Crippen molar-refractivity contribution in [1.82, 2.24) is 0 Å². The second-order valence-electron chi connectivity index (χ2n) is 16.8. The first-order valence-electron chi connectivity index (χ1n) is 19.0. The molecule has 276 valence electrons. The smallest absolute Gasteiger partial charge is 0.227 e. The summed E-state index contributed by atoms with van der Waals surface area (Å²) >= 11 is 0. The molecule has 2 aromatic carbocycles. The average molecular weight is 708 g/mol. The summed E-state index contributed by atoms with van der Waals surface area (Å²) in [6.07, 6.45) is 8.21. The summed E-state index contributed by atoms with van der Waals surface area (Å²) in [5.74, 6) is -0.713. The first-order chi connectivity index (χ1) is 24.7. The number of benzene rings is 2. The van der Waals surface area contributed by atoms with Crippen molar-refractivity contribution in [2.45, 2.75) is 97.2 Å². The number of nitrogens with one attached hydrogen (secondary N) is 1. The molecule has 8 heteroatoms. The van der Waals surface area contributed by atoms with Crippen LogP contribution in [0.2, 0.25) is 0 Å². The van der Waals surface area contributed by atoms with Gasteiger partial charge < -0.3 is 25.0 Å². The first-order valence-corrected chi connectivity index (χ1v) is 19.0. The van der Waals surface area contributed by atoms with E-state index in [0.717, 1.165) is 35.1 Å². The number of allylic oxidation sites excluding steroid dienone is 5. The van der Waals surface area contributed by atoms with E-state index in [2.05, 4.69) is 44.0 Å². The Kier molecular flexibility index (Phi) is 9.60. The maximum absolute atomic E-state index is 13.9. The number of carbonyl (C=O) groups excluding carboxylic acids is 3. The van der Waals surface area contributed by atoms with Gasteiger partial charge in [-0.3, -0.25) is 14.4 Å². The highest BCUT2D eigenvalue weighted by Crippen LogP contribution is 2.70. The van der Waals surface area contributed by atoms with Gasteiger partial charge in [-0.05, 0) is 72.8 Å². The maximum atomic E-state index is 13.9. The van der Waals surface area contributed by atoms with Gasteiger partial charge in [-0.1, -0.05) is 101 Å². The van der Waals surface area contributed by atoms with Gasteiger partial charge in [0.15, 0.2) is 17.7 Å². The molecule has 3 saturated carbocycles. The van der Waals surface area contributed by atoms with Crippen LogP contribution in [0.25, 0.3) is 0 Å². The lowest BCUT2D eigenvalue weighted by Gasteiger charge is -2.59.